The van der Waals surface area contributed by atoms with E-state index in [0.717, 1.165) is 11.8 Å². The molecule has 3 aromatic rings. The number of halogens is 3. The minimum absolute atomic E-state index is 0.181. The van der Waals surface area contributed by atoms with Crippen molar-refractivity contribution in [1.29, 1.82) is 0 Å². The zero-order valence-electron chi connectivity index (χ0n) is 18.8. The average Bonchev–Trinajstić information content (AvgIpc) is 3.17. The van der Waals surface area contributed by atoms with E-state index in [2.05, 4.69) is 10.4 Å². The lowest BCUT2D eigenvalue weighted by Gasteiger charge is -2.20. The number of aromatic nitrogens is 2. The van der Waals surface area contributed by atoms with Gasteiger partial charge in [-0.1, -0.05) is 50.0 Å². The van der Waals surface area contributed by atoms with Crippen LogP contribution in [0.2, 0.25) is 10.0 Å². The molecule has 1 heterocycles. The summed E-state index contributed by atoms with van der Waals surface area (Å²) in [6, 6.07) is 12.2. The van der Waals surface area contributed by atoms with Crippen molar-refractivity contribution in [2.24, 2.45) is 0 Å². The summed E-state index contributed by atoms with van der Waals surface area (Å²) >= 11 is 12.2. The van der Waals surface area contributed by atoms with Crippen LogP contribution in [0, 0.1) is 5.82 Å². The van der Waals surface area contributed by atoms with Crippen LogP contribution in [0.4, 0.5) is 10.2 Å². The zero-order chi connectivity index (χ0) is 24.3. The van der Waals surface area contributed by atoms with Crippen LogP contribution in [0.15, 0.2) is 48.5 Å². The van der Waals surface area contributed by atoms with Gasteiger partial charge in [-0.3, -0.25) is 9.59 Å². The molecule has 2 amide bonds. The van der Waals surface area contributed by atoms with Crippen molar-refractivity contribution in [3.63, 3.8) is 0 Å². The molecule has 0 fully saturated rings. The van der Waals surface area contributed by atoms with Crippen LogP contribution < -0.4 is 5.32 Å². The molecule has 0 aliphatic carbocycles. The molecule has 0 radical (unpaired) electrons. The number of nitrogens with zero attached hydrogens (tertiary/aromatic N) is 3. The molecule has 6 nitrogen and oxygen atoms in total. The summed E-state index contributed by atoms with van der Waals surface area (Å²) in [6.45, 7) is 7.86. The van der Waals surface area contributed by atoms with Gasteiger partial charge in [-0.25, -0.2) is 9.07 Å². The van der Waals surface area contributed by atoms with Crippen molar-refractivity contribution in [3.8, 4) is 5.69 Å². The highest BCUT2D eigenvalue weighted by Crippen LogP contribution is 2.29. The SMILES string of the molecule is CCN(CC(=O)Nc1cc(C(C)(C)C)nn1-c1ccc(Cl)c(Cl)c1)C(=O)c1cccc(F)c1. The highest BCUT2D eigenvalue weighted by Gasteiger charge is 2.23. The van der Waals surface area contributed by atoms with Gasteiger partial charge >= 0.3 is 0 Å². The highest BCUT2D eigenvalue weighted by molar-refractivity contribution is 6.42. The molecule has 174 valence electrons. The molecular weight excluding hydrogens is 466 g/mol. The second-order valence-corrected chi connectivity index (χ2v) is 9.37. The van der Waals surface area contributed by atoms with Gasteiger partial charge in [0.2, 0.25) is 5.91 Å². The fraction of sp³-hybridized carbons (Fsp3) is 0.292. The largest absolute Gasteiger partial charge is 0.330 e. The number of nitrogens with one attached hydrogen (secondary N) is 1. The third kappa shape index (κ3) is 5.92. The summed E-state index contributed by atoms with van der Waals surface area (Å²) in [5.41, 5.74) is 1.29. The molecule has 33 heavy (non-hydrogen) atoms. The molecule has 1 N–H and O–H groups in total. The van der Waals surface area contributed by atoms with Gasteiger partial charge in [0.05, 0.1) is 21.4 Å². The molecule has 3 rings (SSSR count). The number of anilines is 1. The number of likely N-dealkylation sites (N-methyl/N-ethyl adjacent to an activating group) is 1. The first-order valence-corrected chi connectivity index (χ1v) is 11.2. The predicted octanol–water partition coefficient (Wildman–Crippen LogP) is 5.72. The molecule has 0 bridgehead atoms. The van der Waals surface area contributed by atoms with Crippen molar-refractivity contribution in [2.75, 3.05) is 18.4 Å². The lowest BCUT2D eigenvalue weighted by atomic mass is 9.92. The highest BCUT2D eigenvalue weighted by atomic mass is 35.5. The maximum Gasteiger partial charge on any atom is 0.254 e. The summed E-state index contributed by atoms with van der Waals surface area (Å²) in [5.74, 6) is -0.928. The standard InChI is InChI=1S/C24H25Cl2FN4O2/c1-5-30(23(33)15-7-6-8-16(27)11-15)14-22(32)28-21-13-20(24(2,3)4)29-31(21)17-9-10-18(25)19(26)12-17/h6-13H,5,14H2,1-4H3,(H,28,32). The average molecular weight is 491 g/mol. The summed E-state index contributed by atoms with van der Waals surface area (Å²) < 4.78 is 15.1. The Hall–Kier alpha value is -2.90. The Morgan fingerprint density at radius 3 is 2.42 bits per heavy atom. The maximum atomic E-state index is 13.5. The Bertz CT molecular complexity index is 1190. The lowest BCUT2D eigenvalue weighted by molar-refractivity contribution is -0.116. The van der Waals surface area contributed by atoms with Crippen molar-refractivity contribution in [3.05, 3.63) is 75.7 Å². The van der Waals surface area contributed by atoms with Gasteiger partial charge in [0, 0.05) is 23.6 Å². The Morgan fingerprint density at radius 2 is 1.82 bits per heavy atom. The number of hydrogen-bond donors (Lipinski definition) is 1. The van der Waals surface area contributed by atoms with E-state index in [1.807, 2.05) is 20.8 Å². The minimum atomic E-state index is -0.512. The topological polar surface area (TPSA) is 67.2 Å². The van der Waals surface area contributed by atoms with E-state index in [1.54, 1.807) is 35.9 Å². The van der Waals surface area contributed by atoms with Crippen LogP contribution in [0.5, 0.6) is 0 Å². The van der Waals surface area contributed by atoms with Crippen LogP contribution in [0.1, 0.15) is 43.7 Å². The minimum Gasteiger partial charge on any atom is -0.330 e. The quantitative estimate of drug-likeness (QED) is 0.480. The molecule has 1 aromatic heterocycles. The van der Waals surface area contributed by atoms with E-state index in [0.29, 0.717) is 21.6 Å². The molecule has 0 aliphatic heterocycles. The van der Waals surface area contributed by atoms with Crippen LogP contribution in [0.3, 0.4) is 0 Å². The Kier molecular flexibility index (Phi) is 7.44. The third-order valence-electron chi connectivity index (χ3n) is 4.97. The van der Waals surface area contributed by atoms with Crippen LogP contribution >= 0.6 is 23.2 Å². The molecule has 0 saturated carbocycles. The first-order chi connectivity index (χ1) is 15.5. The molecule has 0 atom stereocenters. The van der Waals surface area contributed by atoms with Gasteiger partial charge in [-0.05, 0) is 43.3 Å². The van der Waals surface area contributed by atoms with Crippen molar-refractivity contribution >= 4 is 40.8 Å². The van der Waals surface area contributed by atoms with Crippen molar-refractivity contribution in [1.82, 2.24) is 14.7 Å². The molecule has 2 aromatic carbocycles. The van der Waals surface area contributed by atoms with E-state index < -0.39 is 17.6 Å². The molecule has 9 heteroatoms. The number of hydrogen-bond acceptors (Lipinski definition) is 3. The van der Waals surface area contributed by atoms with Gasteiger partial charge in [-0.15, -0.1) is 0 Å². The monoisotopic (exact) mass is 490 g/mol. The van der Waals surface area contributed by atoms with Gasteiger partial charge < -0.3 is 10.2 Å². The molecule has 0 saturated heterocycles. The second-order valence-electron chi connectivity index (χ2n) is 8.55. The Balaban J connectivity index is 1.86. The molecule has 0 spiro atoms. The smallest absolute Gasteiger partial charge is 0.254 e. The Labute approximate surface area is 202 Å². The lowest BCUT2D eigenvalue weighted by Crippen LogP contribution is -2.38. The summed E-state index contributed by atoms with van der Waals surface area (Å²) in [4.78, 5) is 27.0. The van der Waals surface area contributed by atoms with E-state index in [-0.39, 0.29) is 24.1 Å². The van der Waals surface area contributed by atoms with Crippen LogP contribution in [0.25, 0.3) is 5.69 Å². The zero-order valence-corrected chi connectivity index (χ0v) is 20.3. The second kappa shape index (κ2) is 9.93. The number of rotatable bonds is 6. The molecule has 0 unspecified atom stereocenters. The first-order valence-electron chi connectivity index (χ1n) is 10.4. The maximum absolute atomic E-state index is 13.5. The number of benzene rings is 2. The van der Waals surface area contributed by atoms with Crippen LogP contribution in [-0.4, -0.2) is 39.6 Å². The van der Waals surface area contributed by atoms with Gasteiger partial charge in [0.1, 0.15) is 18.2 Å². The predicted molar refractivity (Wildman–Crippen MR) is 129 cm³/mol. The van der Waals surface area contributed by atoms with E-state index in [4.69, 9.17) is 23.2 Å². The van der Waals surface area contributed by atoms with Crippen LogP contribution in [-0.2, 0) is 10.2 Å². The summed E-state index contributed by atoms with van der Waals surface area (Å²) in [5, 5.41) is 8.25. The van der Waals surface area contributed by atoms with Crippen molar-refractivity contribution in [2.45, 2.75) is 33.1 Å². The van der Waals surface area contributed by atoms with Gasteiger partial charge in [0.25, 0.3) is 5.91 Å². The number of carbonyl (C=O) groups excluding carboxylic acids is 2. The molecular formula is C24H25Cl2FN4O2. The fourth-order valence-electron chi connectivity index (χ4n) is 3.14. The summed E-state index contributed by atoms with van der Waals surface area (Å²) in [7, 11) is 0. The normalized spacial score (nSPS) is 11.4. The molecule has 0 aliphatic rings. The Morgan fingerprint density at radius 1 is 1.09 bits per heavy atom. The van der Waals surface area contributed by atoms with E-state index >= 15 is 0 Å². The number of amides is 2. The fourth-order valence-corrected chi connectivity index (χ4v) is 3.43. The van der Waals surface area contributed by atoms with Crippen molar-refractivity contribution < 1.29 is 14.0 Å². The summed E-state index contributed by atoms with van der Waals surface area (Å²) in [6.07, 6.45) is 0. The van der Waals surface area contributed by atoms with Gasteiger partial charge in [-0.2, -0.15) is 5.10 Å². The third-order valence-corrected chi connectivity index (χ3v) is 5.71. The van der Waals surface area contributed by atoms with E-state index in [1.165, 1.54) is 23.1 Å². The first kappa shape index (κ1) is 24.7. The number of carbonyl (C=O) groups is 2. The van der Waals surface area contributed by atoms with E-state index in [9.17, 15) is 14.0 Å². The van der Waals surface area contributed by atoms with Gasteiger partial charge in [0.15, 0.2) is 0 Å².